The van der Waals surface area contributed by atoms with Crippen molar-refractivity contribution in [1.82, 2.24) is 20.1 Å². The zero-order valence-electron chi connectivity index (χ0n) is 9.73. The Morgan fingerprint density at radius 3 is 2.81 bits per heavy atom. The van der Waals surface area contributed by atoms with Crippen LogP contribution in [0.5, 0.6) is 0 Å². The van der Waals surface area contributed by atoms with Crippen LogP contribution in [0.25, 0.3) is 0 Å². The maximum absolute atomic E-state index is 4.19. The fraction of sp³-hybridized carbons (Fsp3) is 0.833. The lowest BCUT2D eigenvalue weighted by atomic mass is 10.1. The molecule has 2 fully saturated rings. The molecular formula is C12H20N4. The first kappa shape index (κ1) is 10.3. The van der Waals surface area contributed by atoms with Gasteiger partial charge < -0.3 is 9.88 Å². The zero-order valence-corrected chi connectivity index (χ0v) is 9.73. The fourth-order valence-corrected chi connectivity index (χ4v) is 2.65. The highest BCUT2D eigenvalue weighted by Crippen LogP contribution is 2.35. The van der Waals surface area contributed by atoms with Gasteiger partial charge in [-0.05, 0) is 38.1 Å². The number of aromatic nitrogens is 3. The number of rotatable bonds is 5. The molecule has 4 nitrogen and oxygen atoms in total. The lowest BCUT2D eigenvalue weighted by molar-refractivity contribution is 0.477. The second-order valence-corrected chi connectivity index (χ2v) is 5.17. The van der Waals surface area contributed by atoms with Crippen LogP contribution in [0.2, 0.25) is 0 Å². The summed E-state index contributed by atoms with van der Waals surface area (Å²) in [6.45, 7) is 2.03. The van der Waals surface area contributed by atoms with E-state index in [-0.39, 0.29) is 0 Å². The predicted molar refractivity (Wildman–Crippen MR) is 62.0 cm³/mol. The molecule has 0 radical (unpaired) electrons. The topological polar surface area (TPSA) is 42.7 Å². The standard InChI is InChI=1S/C12H20N4/c1-2-4-10(3-1)7-13-8-12-15-14-9-16(12)11-5-6-11/h9-11,13H,1-8H2. The van der Waals surface area contributed by atoms with Crippen molar-refractivity contribution in [2.45, 2.75) is 51.1 Å². The van der Waals surface area contributed by atoms with Crippen molar-refractivity contribution in [1.29, 1.82) is 0 Å². The smallest absolute Gasteiger partial charge is 0.147 e. The highest BCUT2D eigenvalue weighted by Gasteiger charge is 2.25. The lowest BCUT2D eigenvalue weighted by Crippen LogP contribution is -2.22. The third-order valence-corrected chi connectivity index (χ3v) is 3.78. The van der Waals surface area contributed by atoms with Gasteiger partial charge in [0, 0.05) is 6.04 Å². The molecule has 2 aliphatic rings. The molecule has 1 aromatic heterocycles. The first-order valence-corrected chi connectivity index (χ1v) is 6.52. The van der Waals surface area contributed by atoms with Crippen LogP contribution in [0.15, 0.2) is 6.33 Å². The first-order valence-electron chi connectivity index (χ1n) is 6.52. The molecule has 3 rings (SSSR count). The molecule has 88 valence electrons. The van der Waals surface area contributed by atoms with Gasteiger partial charge in [-0.15, -0.1) is 10.2 Å². The van der Waals surface area contributed by atoms with Crippen molar-refractivity contribution in [3.05, 3.63) is 12.2 Å². The molecular weight excluding hydrogens is 200 g/mol. The minimum Gasteiger partial charge on any atom is -0.313 e. The minimum atomic E-state index is 0.693. The molecule has 0 aromatic carbocycles. The highest BCUT2D eigenvalue weighted by molar-refractivity contribution is 4.94. The van der Waals surface area contributed by atoms with E-state index in [0.29, 0.717) is 6.04 Å². The molecule has 16 heavy (non-hydrogen) atoms. The van der Waals surface area contributed by atoms with Gasteiger partial charge in [0.25, 0.3) is 0 Å². The van der Waals surface area contributed by atoms with E-state index in [1.54, 1.807) is 0 Å². The molecule has 0 spiro atoms. The Hall–Kier alpha value is -0.900. The van der Waals surface area contributed by atoms with E-state index in [2.05, 4.69) is 20.1 Å². The van der Waals surface area contributed by atoms with Crippen molar-refractivity contribution in [2.75, 3.05) is 6.54 Å². The molecule has 1 heterocycles. The summed E-state index contributed by atoms with van der Waals surface area (Å²) in [7, 11) is 0. The summed E-state index contributed by atoms with van der Waals surface area (Å²) in [5.41, 5.74) is 0. The Morgan fingerprint density at radius 1 is 1.25 bits per heavy atom. The Bertz CT molecular complexity index is 337. The van der Waals surface area contributed by atoms with E-state index < -0.39 is 0 Å². The molecule has 0 amide bonds. The Kier molecular flexibility index (Phi) is 2.91. The Labute approximate surface area is 96.4 Å². The molecule has 2 saturated carbocycles. The van der Waals surface area contributed by atoms with E-state index >= 15 is 0 Å². The summed E-state index contributed by atoms with van der Waals surface area (Å²) < 4.78 is 2.24. The Balaban J connectivity index is 1.48. The van der Waals surface area contributed by atoms with Crippen LogP contribution in [-0.4, -0.2) is 21.3 Å². The van der Waals surface area contributed by atoms with Crippen molar-refractivity contribution in [3.8, 4) is 0 Å². The summed E-state index contributed by atoms with van der Waals surface area (Å²) in [6, 6.07) is 0.693. The number of nitrogens with zero attached hydrogens (tertiary/aromatic N) is 3. The first-order chi connectivity index (χ1) is 7.93. The van der Waals surface area contributed by atoms with E-state index in [9.17, 15) is 0 Å². The minimum absolute atomic E-state index is 0.693. The lowest BCUT2D eigenvalue weighted by Gasteiger charge is -2.10. The maximum Gasteiger partial charge on any atom is 0.147 e. The maximum atomic E-state index is 4.19. The second-order valence-electron chi connectivity index (χ2n) is 5.17. The van der Waals surface area contributed by atoms with Gasteiger partial charge in [0.1, 0.15) is 12.2 Å². The van der Waals surface area contributed by atoms with E-state index in [1.807, 2.05) is 6.33 Å². The molecule has 1 N–H and O–H groups in total. The number of hydrogen-bond donors (Lipinski definition) is 1. The molecule has 0 bridgehead atoms. The molecule has 4 heteroatoms. The SMILES string of the molecule is c1nnc(CNCC2CCCC2)n1C1CC1. The fourth-order valence-electron chi connectivity index (χ4n) is 2.65. The average Bonchev–Trinajstić information content (AvgIpc) is 2.82. The predicted octanol–water partition coefficient (Wildman–Crippen LogP) is 1.89. The van der Waals surface area contributed by atoms with E-state index in [0.717, 1.165) is 24.8 Å². The van der Waals surface area contributed by atoms with Crippen molar-refractivity contribution < 1.29 is 0 Å². The van der Waals surface area contributed by atoms with Gasteiger partial charge in [0.2, 0.25) is 0 Å². The van der Waals surface area contributed by atoms with Crippen molar-refractivity contribution in [3.63, 3.8) is 0 Å². The van der Waals surface area contributed by atoms with Gasteiger partial charge in [-0.3, -0.25) is 0 Å². The quantitative estimate of drug-likeness (QED) is 0.824. The van der Waals surface area contributed by atoms with Gasteiger partial charge in [-0.1, -0.05) is 12.8 Å². The molecule has 0 unspecified atom stereocenters. The van der Waals surface area contributed by atoms with Gasteiger partial charge in [0.05, 0.1) is 6.54 Å². The van der Waals surface area contributed by atoms with Crippen LogP contribution in [-0.2, 0) is 6.54 Å². The molecule has 2 aliphatic carbocycles. The van der Waals surface area contributed by atoms with Crippen LogP contribution in [0.4, 0.5) is 0 Å². The zero-order chi connectivity index (χ0) is 10.8. The Morgan fingerprint density at radius 2 is 2.06 bits per heavy atom. The summed E-state index contributed by atoms with van der Waals surface area (Å²) in [6.07, 6.45) is 10.1. The van der Waals surface area contributed by atoms with Crippen molar-refractivity contribution >= 4 is 0 Å². The van der Waals surface area contributed by atoms with Crippen molar-refractivity contribution in [2.24, 2.45) is 5.92 Å². The van der Waals surface area contributed by atoms with Gasteiger partial charge in [-0.25, -0.2) is 0 Å². The summed E-state index contributed by atoms with van der Waals surface area (Å²) in [5, 5.41) is 11.7. The van der Waals surface area contributed by atoms with Crippen LogP contribution in [0.3, 0.4) is 0 Å². The van der Waals surface area contributed by atoms with Gasteiger partial charge in [-0.2, -0.15) is 0 Å². The summed E-state index contributed by atoms with van der Waals surface area (Å²) in [4.78, 5) is 0. The monoisotopic (exact) mass is 220 g/mol. The van der Waals surface area contributed by atoms with Crippen LogP contribution >= 0.6 is 0 Å². The van der Waals surface area contributed by atoms with Gasteiger partial charge in [0.15, 0.2) is 0 Å². The van der Waals surface area contributed by atoms with E-state index in [4.69, 9.17) is 0 Å². The van der Waals surface area contributed by atoms with Gasteiger partial charge >= 0.3 is 0 Å². The molecule has 0 saturated heterocycles. The van der Waals surface area contributed by atoms with E-state index in [1.165, 1.54) is 38.5 Å². The normalized spacial score (nSPS) is 21.8. The largest absolute Gasteiger partial charge is 0.313 e. The average molecular weight is 220 g/mol. The van der Waals surface area contributed by atoms with Crippen LogP contribution < -0.4 is 5.32 Å². The molecule has 0 aliphatic heterocycles. The summed E-state index contributed by atoms with van der Waals surface area (Å²) >= 11 is 0. The van der Waals surface area contributed by atoms with Crippen LogP contribution in [0.1, 0.15) is 50.4 Å². The summed E-state index contributed by atoms with van der Waals surface area (Å²) in [5.74, 6) is 2.01. The third kappa shape index (κ3) is 2.26. The number of hydrogen-bond acceptors (Lipinski definition) is 3. The number of nitrogens with one attached hydrogen (secondary N) is 1. The second kappa shape index (κ2) is 4.53. The molecule has 0 atom stereocenters. The third-order valence-electron chi connectivity index (χ3n) is 3.78. The van der Waals surface area contributed by atoms with Crippen LogP contribution in [0, 0.1) is 5.92 Å². The highest BCUT2D eigenvalue weighted by atomic mass is 15.3. The molecule has 1 aromatic rings.